The van der Waals surface area contributed by atoms with E-state index in [0.29, 0.717) is 0 Å². The zero-order valence-corrected chi connectivity index (χ0v) is 19.0. The van der Waals surface area contributed by atoms with Gasteiger partial charge in [-0.1, -0.05) is 54.6 Å². The van der Waals surface area contributed by atoms with Gasteiger partial charge in [-0.2, -0.15) is 0 Å². The normalized spacial score (nSPS) is 23.3. The van der Waals surface area contributed by atoms with Crippen LogP contribution in [-0.2, 0) is 18.9 Å². The van der Waals surface area contributed by atoms with Crippen LogP contribution in [0, 0.1) is 0 Å². The van der Waals surface area contributed by atoms with Crippen LogP contribution in [0.15, 0.2) is 91.0 Å². The summed E-state index contributed by atoms with van der Waals surface area (Å²) in [5, 5.41) is 20.5. The van der Waals surface area contributed by atoms with Crippen molar-refractivity contribution in [1.29, 1.82) is 0 Å². The number of aliphatic hydroxyl groups is 2. The van der Waals surface area contributed by atoms with Crippen LogP contribution in [0.3, 0.4) is 0 Å². The van der Waals surface area contributed by atoms with Crippen molar-refractivity contribution in [1.82, 2.24) is 0 Å². The summed E-state index contributed by atoms with van der Waals surface area (Å²) in [4.78, 5) is 38.5. The number of hydrogen-bond donors (Lipinski definition) is 2. The molecular formula is C27H24O9. The quantitative estimate of drug-likeness (QED) is 0.377. The number of aliphatic hydroxyl groups excluding tert-OH is 2. The second-order valence-corrected chi connectivity index (χ2v) is 7.96. The summed E-state index contributed by atoms with van der Waals surface area (Å²) in [7, 11) is 0. The molecule has 1 heterocycles. The lowest BCUT2D eigenvalue weighted by Gasteiger charge is -2.42. The maximum atomic E-state index is 12.9. The lowest BCUT2D eigenvalue weighted by Crippen LogP contribution is -2.62. The van der Waals surface area contributed by atoms with Crippen molar-refractivity contribution in [3.63, 3.8) is 0 Å². The van der Waals surface area contributed by atoms with Crippen molar-refractivity contribution >= 4 is 17.9 Å². The Hall–Kier alpha value is -4.05. The van der Waals surface area contributed by atoms with E-state index in [0.717, 1.165) is 0 Å². The molecular weight excluding hydrogens is 468 g/mol. The molecule has 0 bridgehead atoms. The smallest absolute Gasteiger partial charge is 0.338 e. The van der Waals surface area contributed by atoms with Crippen LogP contribution >= 0.6 is 0 Å². The number of carbonyl (C=O) groups excluding carboxylic acids is 3. The molecule has 2 N–H and O–H groups in total. The van der Waals surface area contributed by atoms with Crippen LogP contribution in [0.5, 0.6) is 0 Å². The maximum absolute atomic E-state index is 12.9. The zero-order valence-electron chi connectivity index (χ0n) is 19.0. The molecule has 1 saturated heterocycles. The first kappa shape index (κ1) is 25.1. The Kier molecular flexibility index (Phi) is 8.06. The summed E-state index contributed by atoms with van der Waals surface area (Å²) >= 11 is 0. The SMILES string of the molecule is O=C(O[C@H]1[C@H](OC(=O)c2ccccc2)[C@@H](OC(=O)c2ccccc2)C(O)O[C@@H]1CO)c1ccccc1. The van der Waals surface area contributed by atoms with E-state index in [4.69, 9.17) is 18.9 Å². The second-order valence-electron chi connectivity index (χ2n) is 7.96. The van der Waals surface area contributed by atoms with Crippen LogP contribution in [0.25, 0.3) is 0 Å². The Bertz CT molecular complexity index is 1170. The van der Waals surface area contributed by atoms with Gasteiger partial charge in [0.25, 0.3) is 0 Å². The fourth-order valence-electron chi connectivity index (χ4n) is 3.74. The average molecular weight is 492 g/mol. The highest BCUT2D eigenvalue weighted by molar-refractivity contribution is 5.91. The number of benzene rings is 3. The number of carbonyl (C=O) groups is 3. The Balaban J connectivity index is 1.66. The number of ether oxygens (including phenoxy) is 4. The molecule has 1 fully saturated rings. The predicted octanol–water partition coefficient (Wildman–Crippen LogP) is 2.37. The van der Waals surface area contributed by atoms with Gasteiger partial charge < -0.3 is 29.2 Å². The van der Waals surface area contributed by atoms with Gasteiger partial charge in [0.15, 0.2) is 24.6 Å². The molecule has 0 spiro atoms. The minimum atomic E-state index is -1.78. The fourth-order valence-corrected chi connectivity index (χ4v) is 3.74. The third-order valence-electron chi connectivity index (χ3n) is 5.55. The molecule has 5 atom stereocenters. The predicted molar refractivity (Wildman–Crippen MR) is 125 cm³/mol. The summed E-state index contributed by atoms with van der Waals surface area (Å²) in [5.41, 5.74) is 0.562. The molecule has 0 aliphatic carbocycles. The lowest BCUT2D eigenvalue weighted by molar-refractivity contribution is -0.284. The van der Waals surface area contributed by atoms with E-state index < -0.39 is 55.2 Å². The molecule has 0 saturated carbocycles. The van der Waals surface area contributed by atoms with E-state index >= 15 is 0 Å². The molecule has 3 aromatic carbocycles. The molecule has 186 valence electrons. The highest BCUT2D eigenvalue weighted by Gasteiger charge is 2.52. The topological polar surface area (TPSA) is 129 Å². The van der Waals surface area contributed by atoms with Crippen LogP contribution in [0.1, 0.15) is 31.1 Å². The fraction of sp³-hybridized carbons (Fsp3) is 0.222. The Morgan fingerprint density at radius 2 is 0.972 bits per heavy atom. The minimum absolute atomic E-state index is 0.181. The van der Waals surface area contributed by atoms with Crippen molar-refractivity contribution in [3.8, 4) is 0 Å². The molecule has 36 heavy (non-hydrogen) atoms. The molecule has 0 radical (unpaired) electrons. The second kappa shape index (κ2) is 11.6. The highest BCUT2D eigenvalue weighted by Crippen LogP contribution is 2.29. The average Bonchev–Trinajstić information content (AvgIpc) is 2.93. The van der Waals surface area contributed by atoms with E-state index in [1.165, 1.54) is 36.4 Å². The van der Waals surface area contributed by atoms with Crippen LogP contribution in [0.2, 0.25) is 0 Å². The lowest BCUT2D eigenvalue weighted by atomic mass is 9.98. The van der Waals surface area contributed by atoms with Gasteiger partial charge in [0, 0.05) is 0 Å². The molecule has 1 unspecified atom stereocenters. The van der Waals surface area contributed by atoms with Gasteiger partial charge in [0.05, 0.1) is 23.3 Å². The Morgan fingerprint density at radius 1 is 0.611 bits per heavy atom. The molecule has 3 aromatic rings. The van der Waals surface area contributed by atoms with Gasteiger partial charge in [-0.05, 0) is 36.4 Å². The summed E-state index contributed by atoms with van der Waals surface area (Å²) in [6.07, 6.45) is -7.53. The monoisotopic (exact) mass is 492 g/mol. The van der Waals surface area contributed by atoms with Gasteiger partial charge in [0.1, 0.15) is 6.10 Å². The van der Waals surface area contributed by atoms with Gasteiger partial charge in [0.2, 0.25) is 0 Å². The Morgan fingerprint density at radius 3 is 1.36 bits per heavy atom. The first-order valence-electron chi connectivity index (χ1n) is 11.2. The summed E-state index contributed by atoms with van der Waals surface area (Å²) in [6.45, 7) is -0.678. The highest BCUT2D eigenvalue weighted by atomic mass is 16.7. The largest absolute Gasteiger partial charge is 0.452 e. The standard InChI is InChI=1S/C27H24O9/c28-16-20-21(34-24(29)17-10-4-1-5-11-17)22(35-25(30)18-12-6-2-7-13-18)23(27(32)33-20)36-26(31)19-14-8-3-9-15-19/h1-15,20-23,27-28,32H,16H2/t20-,21-,22+,23-,27?/m1/s1. The van der Waals surface area contributed by atoms with E-state index in [-0.39, 0.29) is 16.7 Å². The first-order valence-corrected chi connectivity index (χ1v) is 11.2. The molecule has 1 aliphatic heterocycles. The third-order valence-corrected chi connectivity index (χ3v) is 5.55. The number of hydrogen-bond acceptors (Lipinski definition) is 9. The number of esters is 3. The van der Waals surface area contributed by atoms with Crippen molar-refractivity contribution in [2.75, 3.05) is 6.61 Å². The van der Waals surface area contributed by atoms with Crippen LogP contribution in [-0.4, -0.2) is 65.4 Å². The molecule has 1 aliphatic rings. The minimum Gasteiger partial charge on any atom is -0.452 e. The van der Waals surface area contributed by atoms with Gasteiger partial charge in [-0.15, -0.1) is 0 Å². The van der Waals surface area contributed by atoms with E-state index in [9.17, 15) is 24.6 Å². The number of rotatable bonds is 7. The molecule has 9 nitrogen and oxygen atoms in total. The van der Waals surface area contributed by atoms with Gasteiger partial charge in [-0.3, -0.25) is 0 Å². The van der Waals surface area contributed by atoms with Crippen LogP contribution in [0.4, 0.5) is 0 Å². The Labute approximate surface area is 206 Å². The summed E-state index contributed by atoms with van der Waals surface area (Å²) < 4.78 is 22.1. The van der Waals surface area contributed by atoms with Crippen molar-refractivity contribution in [3.05, 3.63) is 108 Å². The summed E-state index contributed by atoms with van der Waals surface area (Å²) in [5.74, 6) is -2.42. The van der Waals surface area contributed by atoms with Crippen molar-refractivity contribution in [2.45, 2.75) is 30.7 Å². The van der Waals surface area contributed by atoms with Crippen molar-refractivity contribution in [2.24, 2.45) is 0 Å². The maximum Gasteiger partial charge on any atom is 0.338 e. The molecule has 9 heteroatoms. The van der Waals surface area contributed by atoms with Gasteiger partial charge in [-0.25, -0.2) is 14.4 Å². The van der Waals surface area contributed by atoms with E-state index in [2.05, 4.69) is 0 Å². The first-order chi connectivity index (χ1) is 17.5. The molecule has 4 rings (SSSR count). The van der Waals surface area contributed by atoms with E-state index in [1.54, 1.807) is 54.6 Å². The molecule has 0 amide bonds. The third kappa shape index (κ3) is 5.77. The van der Waals surface area contributed by atoms with Crippen LogP contribution < -0.4 is 0 Å². The van der Waals surface area contributed by atoms with Crippen molar-refractivity contribution < 1.29 is 43.5 Å². The van der Waals surface area contributed by atoms with Gasteiger partial charge >= 0.3 is 17.9 Å². The molecule has 0 aromatic heterocycles. The zero-order chi connectivity index (χ0) is 25.5. The summed E-state index contributed by atoms with van der Waals surface area (Å²) in [6, 6.07) is 24.0. The van der Waals surface area contributed by atoms with E-state index in [1.807, 2.05) is 0 Å².